The first-order chi connectivity index (χ1) is 8.72. The number of rotatable bonds is 2. The van der Waals surface area contributed by atoms with Crippen LogP contribution < -0.4 is 5.73 Å². The molecule has 0 aliphatic carbocycles. The van der Waals surface area contributed by atoms with Crippen LogP contribution in [0.15, 0.2) is 42.5 Å². The molecule has 18 heavy (non-hydrogen) atoms. The highest BCUT2D eigenvalue weighted by atomic mass is 35.5. The lowest BCUT2D eigenvalue weighted by atomic mass is 10.1. The molecule has 1 aliphatic heterocycles. The van der Waals surface area contributed by atoms with Crippen molar-refractivity contribution in [3.8, 4) is 0 Å². The van der Waals surface area contributed by atoms with Gasteiger partial charge >= 0.3 is 0 Å². The van der Waals surface area contributed by atoms with E-state index in [9.17, 15) is 0 Å². The van der Waals surface area contributed by atoms with Crippen LogP contribution in [0.5, 0.6) is 0 Å². The molecule has 3 heteroatoms. The lowest BCUT2D eigenvalue weighted by Gasteiger charge is -2.16. The summed E-state index contributed by atoms with van der Waals surface area (Å²) in [6.45, 7) is 2.82. The molecule has 1 aliphatic rings. The molecule has 2 aromatic rings. The Labute approximate surface area is 112 Å². The van der Waals surface area contributed by atoms with E-state index in [1.54, 1.807) is 0 Å². The van der Waals surface area contributed by atoms with Crippen LogP contribution in [0, 0.1) is 0 Å². The van der Waals surface area contributed by atoms with Gasteiger partial charge in [0.2, 0.25) is 0 Å². The first kappa shape index (κ1) is 11.6. The van der Waals surface area contributed by atoms with Gasteiger partial charge in [0.05, 0.1) is 0 Å². The molecule has 0 saturated heterocycles. The quantitative estimate of drug-likeness (QED) is 0.836. The monoisotopic (exact) mass is 258 g/mol. The summed E-state index contributed by atoms with van der Waals surface area (Å²) in [6, 6.07) is 14.2. The molecular formula is C15H15ClN2. The molecule has 0 atom stereocenters. The normalized spacial score (nSPS) is 14.7. The van der Waals surface area contributed by atoms with E-state index in [2.05, 4.69) is 29.2 Å². The van der Waals surface area contributed by atoms with Crippen LogP contribution in [0.3, 0.4) is 0 Å². The fourth-order valence-corrected chi connectivity index (χ4v) is 2.66. The van der Waals surface area contributed by atoms with E-state index in [1.165, 1.54) is 11.1 Å². The summed E-state index contributed by atoms with van der Waals surface area (Å²) in [5.74, 6) is 0. The fourth-order valence-electron chi connectivity index (χ4n) is 2.47. The van der Waals surface area contributed by atoms with Crippen molar-refractivity contribution in [2.75, 3.05) is 5.73 Å². The molecule has 0 bridgehead atoms. The second-order valence-corrected chi connectivity index (χ2v) is 5.19. The predicted octanol–water partition coefficient (Wildman–Crippen LogP) is 3.44. The Morgan fingerprint density at radius 2 is 1.72 bits per heavy atom. The Kier molecular flexibility index (Phi) is 2.98. The Balaban J connectivity index is 1.78. The van der Waals surface area contributed by atoms with E-state index < -0.39 is 0 Å². The fraction of sp³-hybridized carbons (Fsp3) is 0.200. The van der Waals surface area contributed by atoms with Gasteiger partial charge in [-0.05, 0) is 34.9 Å². The van der Waals surface area contributed by atoms with Gasteiger partial charge in [-0.25, -0.2) is 0 Å². The molecule has 3 rings (SSSR count). The van der Waals surface area contributed by atoms with Gasteiger partial charge in [-0.2, -0.15) is 0 Å². The second-order valence-electron chi connectivity index (χ2n) is 4.76. The molecule has 0 spiro atoms. The molecule has 0 unspecified atom stereocenters. The van der Waals surface area contributed by atoms with Crippen molar-refractivity contribution in [1.29, 1.82) is 0 Å². The van der Waals surface area contributed by atoms with Gasteiger partial charge in [-0.15, -0.1) is 0 Å². The Morgan fingerprint density at radius 3 is 2.39 bits per heavy atom. The molecule has 2 nitrogen and oxygen atoms in total. The second kappa shape index (κ2) is 4.63. The molecule has 1 heterocycles. The Hall–Kier alpha value is -1.51. The third-order valence-electron chi connectivity index (χ3n) is 3.41. The highest BCUT2D eigenvalue weighted by molar-refractivity contribution is 6.30. The van der Waals surface area contributed by atoms with Crippen molar-refractivity contribution >= 4 is 17.3 Å². The van der Waals surface area contributed by atoms with Gasteiger partial charge in [0.15, 0.2) is 0 Å². The molecule has 0 aromatic heterocycles. The average molecular weight is 259 g/mol. The smallest absolute Gasteiger partial charge is 0.0410 e. The third kappa shape index (κ3) is 2.22. The summed E-state index contributed by atoms with van der Waals surface area (Å²) >= 11 is 6.02. The Morgan fingerprint density at radius 1 is 1.06 bits per heavy atom. The molecule has 2 N–H and O–H groups in total. The van der Waals surface area contributed by atoms with E-state index in [0.29, 0.717) is 0 Å². The topological polar surface area (TPSA) is 29.3 Å². The van der Waals surface area contributed by atoms with Gasteiger partial charge in [0, 0.05) is 30.3 Å². The van der Waals surface area contributed by atoms with Crippen molar-refractivity contribution in [1.82, 2.24) is 4.90 Å². The molecule has 0 radical (unpaired) electrons. The zero-order valence-electron chi connectivity index (χ0n) is 10.1. The van der Waals surface area contributed by atoms with Gasteiger partial charge in [0.25, 0.3) is 0 Å². The molecule has 2 aromatic carbocycles. The predicted molar refractivity (Wildman–Crippen MR) is 75.3 cm³/mol. The van der Waals surface area contributed by atoms with Crippen molar-refractivity contribution in [2.45, 2.75) is 19.6 Å². The number of benzene rings is 2. The zero-order valence-corrected chi connectivity index (χ0v) is 10.8. The third-order valence-corrected chi connectivity index (χ3v) is 3.64. The Bertz CT molecular complexity index is 555. The highest BCUT2D eigenvalue weighted by Gasteiger charge is 2.18. The number of halogens is 1. The van der Waals surface area contributed by atoms with Gasteiger partial charge in [0.1, 0.15) is 0 Å². The van der Waals surface area contributed by atoms with Crippen molar-refractivity contribution in [2.24, 2.45) is 0 Å². The van der Waals surface area contributed by atoms with Crippen LogP contribution in [-0.2, 0) is 19.6 Å². The summed E-state index contributed by atoms with van der Waals surface area (Å²) in [7, 11) is 0. The largest absolute Gasteiger partial charge is 0.398 e. The minimum Gasteiger partial charge on any atom is -0.398 e. The minimum atomic E-state index is 0.746. The van der Waals surface area contributed by atoms with E-state index >= 15 is 0 Å². The van der Waals surface area contributed by atoms with Crippen LogP contribution in [0.4, 0.5) is 5.69 Å². The van der Waals surface area contributed by atoms with Gasteiger partial charge < -0.3 is 5.73 Å². The first-order valence-electron chi connectivity index (χ1n) is 6.05. The number of fused-ring (bicyclic) bond motifs is 1. The van der Waals surface area contributed by atoms with Crippen LogP contribution in [0.25, 0.3) is 0 Å². The average Bonchev–Trinajstić information content (AvgIpc) is 2.76. The van der Waals surface area contributed by atoms with Gasteiger partial charge in [-0.3, -0.25) is 4.90 Å². The maximum absolute atomic E-state index is 6.02. The molecule has 0 fully saturated rings. The number of hydrogen-bond donors (Lipinski definition) is 1. The SMILES string of the molecule is Nc1ccc(Cl)cc1CN1Cc2ccccc2C1. The van der Waals surface area contributed by atoms with E-state index in [4.69, 9.17) is 17.3 Å². The van der Waals surface area contributed by atoms with E-state index in [0.717, 1.165) is 35.9 Å². The van der Waals surface area contributed by atoms with E-state index in [1.807, 2.05) is 18.2 Å². The minimum absolute atomic E-state index is 0.746. The zero-order chi connectivity index (χ0) is 12.5. The molecular weight excluding hydrogens is 244 g/mol. The standard InChI is InChI=1S/C15H15ClN2/c16-14-5-6-15(17)13(7-14)10-18-8-11-3-1-2-4-12(11)9-18/h1-7H,8-10,17H2. The summed E-state index contributed by atoms with van der Waals surface area (Å²) in [4.78, 5) is 2.38. The molecule has 0 amide bonds. The maximum atomic E-state index is 6.02. The van der Waals surface area contributed by atoms with Crippen LogP contribution in [0.1, 0.15) is 16.7 Å². The number of nitrogen functional groups attached to an aromatic ring is 1. The summed E-state index contributed by atoms with van der Waals surface area (Å²) in [6.07, 6.45) is 0. The summed E-state index contributed by atoms with van der Waals surface area (Å²) in [5.41, 5.74) is 10.7. The van der Waals surface area contributed by atoms with Gasteiger partial charge in [-0.1, -0.05) is 35.9 Å². The molecule has 0 saturated carbocycles. The number of nitrogens with zero attached hydrogens (tertiary/aromatic N) is 1. The van der Waals surface area contributed by atoms with Crippen LogP contribution in [-0.4, -0.2) is 4.90 Å². The van der Waals surface area contributed by atoms with Crippen molar-refractivity contribution < 1.29 is 0 Å². The lowest BCUT2D eigenvalue weighted by molar-refractivity contribution is 0.276. The number of nitrogens with two attached hydrogens (primary N) is 1. The van der Waals surface area contributed by atoms with Crippen molar-refractivity contribution in [3.05, 3.63) is 64.2 Å². The van der Waals surface area contributed by atoms with E-state index in [-0.39, 0.29) is 0 Å². The number of hydrogen-bond acceptors (Lipinski definition) is 2. The highest BCUT2D eigenvalue weighted by Crippen LogP contribution is 2.26. The number of anilines is 1. The van der Waals surface area contributed by atoms with Crippen molar-refractivity contribution in [3.63, 3.8) is 0 Å². The lowest BCUT2D eigenvalue weighted by Crippen LogP contribution is -2.16. The maximum Gasteiger partial charge on any atom is 0.0410 e. The van der Waals surface area contributed by atoms with Crippen LogP contribution in [0.2, 0.25) is 5.02 Å². The summed E-state index contributed by atoms with van der Waals surface area (Å²) < 4.78 is 0. The first-order valence-corrected chi connectivity index (χ1v) is 6.43. The summed E-state index contributed by atoms with van der Waals surface area (Å²) in [5, 5.41) is 0.746. The molecule has 92 valence electrons. The van der Waals surface area contributed by atoms with Crippen LogP contribution >= 0.6 is 11.6 Å².